The van der Waals surface area contributed by atoms with Gasteiger partial charge in [-0.3, -0.25) is 10.7 Å². The van der Waals surface area contributed by atoms with E-state index in [2.05, 4.69) is 26.1 Å². The van der Waals surface area contributed by atoms with Gasteiger partial charge < -0.3 is 4.90 Å². The zero-order valence-corrected chi connectivity index (χ0v) is 10.4. The van der Waals surface area contributed by atoms with E-state index in [-0.39, 0.29) is 17.0 Å². The predicted molar refractivity (Wildman–Crippen MR) is 63.6 cm³/mol. The van der Waals surface area contributed by atoms with Gasteiger partial charge in [-0.15, -0.1) is 0 Å². The van der Waals surface area contributed by atoms with Crippen molar-refractivity contribution in [2.45, 2.75) is 52.0 Å². The summed E-state index contributed by atoms with van der Waals surface area (Å²) >= 11 is 0. The monoisotopic (exact) mass is 223 g/mol. The number of hydrogen-bond acceptors (Lipinski definition) is 2. The number of carbonyl (C=O) groups is 1. The SMILES string of the molecule is CCCN1C(=O)NC(=N)C12CCCC2(C)C. The highest BCUT2D eigenvalue weighted by Gasteiger charge is 2.60. The number of amides is 2. The third kappa shape index (κ3) is 1.22. The molecule has 0 radical (unpaired) electrons. The average molecular weight is 223 g/mol. The van der Waals surface area contributed by atoms with Gasteiger partial charge in [0.05, 0.1) is 0 Å². The Hall–Kier alpha value is -1.06. The van der Waals surface area contributed by atoms with Gasteiger partial charge in [0.25, 0.3) is 0 Å². The first-order chi connectivity index (χ1) is 7.45. The first-order valence-corrected chi connectivity index (χ1v) is 6.13. The van der Waals surface area contributed by atoms with Crippen LogP contribution < -0.4 is 5.32 Å². The minimum Gasteiger partial charge on any atom is -0.311 e. The molecule has 2 fully saturated rings. The molecule has 2 rings (SSSR count). The van der Waals surface area contributed by atoms with Crippen molar-refractivity contribution in [3.05, 3.63) is 0 Å². The van der Waals surface area contributed by atoms with Crippen molar-refractivity contribution in [2.75, 3.05) is 6.54 Å². The molecular formula is C12H21N3O. The zero-order valence-electron chi connectivity index (χ0n) is 10.4. The van der Waals surface area contributed by atoms with Crippen molar-refractivity contribution in [3.63, 3.8) is 0 Å². The maximum Gasteiger partial charge on any atom is 0.323 e. The van der Waals surface area contributed by atoms with Gasteiger partial charge in [-0.05, 0) is 31.1 Å². The third-order valence-corrected chi connectivity index (χ3v) is 4.26. The van der Waals surface area contributed by atoms with E-state index in [9.17, 15) is 4.79 Å². The summed E-state index contributed by atoms with van der Waals surface area (Å²) in [6, 6.07) is -0.0816. The molecule has 1 saturated carbocycles. The molecule has 2 aliphatic rings. The maximum absolute atomic E-state index is 11.9. The van der Waals surface area contributed by atoms with Crippen LogP contribution in [0.2, 0.25) is 0 Å². The van der Waals surface area contributed by atoms with E-state index in [1.54, 1.807) is 0 Å². The number of amidine groups is 1. The Labute approximate surface area is 96.9 Å². The number of urea groups is 1. The van der Waals surface area contributed by atoms with Crippen LogP contribution in [0, 0.1) is 10.8 Å². The van der Waals surface area contributed by atoms with Crippen LogP contribution in [0.1, 0.15) is 46.5 Å². The van der Waals surface area contributed by atoms with Crippen LogP contribution in [0.3, 0.4) is 0 Å². The number of nitrogens with one attached hydrogen (secondary N) is 2. The number of carbonyl (C=O) groups excluding carboxylic acids is 1. The third-order valence-electron chi connectivity index (χ3n) is 4.26. The Morgan fingerprint density at radius 2 is 2.12 bits per heavy atom. The normalized spacial score (nSPS) is 32.6. The molecule has 1 atom stereocenters. The zero-order chi connectivity index (χ0) is 12.0. The second-order valence-corrected chi connectivity index (χ2v) is 5.55. The molecule has 1 unspecified atom stereocenters. The van der Waals surface area contributed by atoms with E-state index in [0.29, 0.717) is 5.84 Å². The minimum atomic E-state index is -0.361. The van der Waals surface area contributed by atoms with Crippen molar-refractivity contribution >= 4 is 11.9 Å². The van der Waals surface area contributed by atoms with E-state index in [0.717, 1.165) is 32.2 Å². The Bertz CT molecular complexity index is 337. The molecule has 1 spiro atoms. The van der Waals surface area contributed by atoms with Crippen molar-refractivity contribution in [2.24, 2.45) is 5.41 Å². The molecule has 0 aromatic carbocycles. The van der Waals surface area contributed by atoms with E-state index in [1.165, 1.54) is 0 Å². The molecule has 1 aliphatic heterocycles. The van der Waals surface area contributed by atoms with Gasteiger partial charge in [-0.1, -0.05) is 20.8 Å². The van der Waals surface area contributed by atoms with Crippen LogP contribution in [-0.2, 0) is 0 Å². The summed E-state index contributed by atoms with van der Waals surface area (Å²) in [6.07, 6.45) is 4.06. The van der Waals surface area contributed by atoms with Gasteiger partial charge in [0.2, 0.25) is 0 Å². The number of rotatable bonds is 2. The van der Waals surface area contributed by atoms with Crippen molar-refractivity contribution in [3.8, 4) is 0 Å². The van der Waals surface area contributed by atoms with Gasteiger partial charge in [0.1, 0.15) is 11.4 Å². The van der Waals surface area contributed by atoms with Crippen LogP contribution in [-0.4, -0.2) is 28.9 Å². The molecule has 4 nitrogen and oxygen atoms in total. The summed E-state index contributed by atoms with van der Waals surface area (Å²) in [7, 11) is 0. The molecule has 0 aromatic rings. The van der Waals surface area contributed by atoms with Gasteiger partial charge in [-0.2, -0.15) is 0 Å². The van der Waals surface area contributed by atoms with E-state index < -0.39 is 0 Å². The fourth-order valence-electron chi connectivity index (χ4n) is 3.40. The summed E-state index contributed by atoms with van der Waals surface area (Å²) in [5.41, 5.74) is -0.349. The summed E-state index contributed by atoms with van der Waals surface area (Å²) in [5, 5.41) is 10.8. The lowest BCUT2D eigenvalue weighted by molar-refractivity contribution is 0.106. The molecular weight excluding hydrogens is 202 g/mol. The highest BCUT2D eigenvalue weighted by Crippen LogP contribution is 2.51. The summed E-state index contributed by atoms with van der Waals surface area (Å²) in [5.74, 6) is 0.411. The van der Waals surface area contributed by atoms with Crippen LogP contribution in [0.25, 0.3) is 0 Å². The first kappa shape index (κ1) is 11.4. The molecule has 90 valence electrons. The van der Waals surface area contributed by atoms with Gasteiger partial charge in [0, 0.05) is 6.54 Å². The van der Waals surface area contributed by atoms with Crippen molar-refractivity contribution < 1.29 is 4.79 Å². The summed E-state index contributed by atoms with van der Waals surface area (Å²) in [6.45, 7) is 7.18. The Morgan fingerprint density at radius 1 is 1.44 bits per heavy atom. The maximum atomic E-state index is 11.9. The Balaban J connectivity index is 2.43. The molecule has 16 heavy (non-hydrogen) atoms. The van der Waals surface area contributed by atoms with Gasteiger partial charge in [0.15, 0.2) is 0 Å². The second-order valence-electron chi connectivity index (χ2n) is 5.55. The van der Waals surface area contributed by atoms with E-state index in [4.69, 9.17) is 5.41 Å². The van der Waals surface area contributed by atoms with Crippen LogP contribution >= 0.6 is 0 Å². The van der Waals surface area contributed by atoms with E-state index in [1.807, 2.05) is 4.90 Å². The van der Waals surface area contributed by atoms with Crippen molar-refractivity contribution in [1.82, 2.24) is 10.2 Å². The predicted octanol–water partition coefficient (Wildman–Crippen LogP) is 2.35. The van der Waals surface area contributed by atoms with Gasteiger partial charge >= 0.3 is 6.03 Å². The topological polar surface area (TPSA) is 56.2 Å². The Kier molecular flexibility index (Phi) is 2.48. The van der Waals surface area contributed by atoms with Crippen molar-refractivity contribution in [1.29, 1.82) is 5.41 Å². The highest BCUT2D eigenvalue weighted by atomic mass is 16.2. The molecule has 1 aliphatic carbocycles. The molecule has 0 aromatic heterocycles. The van der Waals surface area contributed by atoms with Crippen LogP contribution in [0.4, 0.5) is 4.79 Å². The number of hydrogen-bond donors (Lipinski definition) is 2. The molecule has 0 bridgehead atoms. The first-order valence-electron chi connectivity index (χ1n) is 6.13. The quantitative estimate of drug-likeness (QED) is 0.741. The smallest absolute Gasteiger partial charge is 0.311 e. The molecule has 1 saturated heterocycles. The largest absolute Gasteiger partial charge is 0.323 e. The molecule has 2 amide bonds. The standard InChI is InChI=1S/C12H21N3O/c1-4-8-15-10(16)14-9(13)12(15)7-5-6-11(12,2)3/h4-8H2,1-3H3,(H2,13,14,16). The molecule has 2 N–H and O–H groups in total. The fraction of sp³-hybridized carbons (Fsp3) is 0.833. The van der Waals surface area contributed by atoms with Crippen LogP contribution in [0.5, 0.6) is 0 Å². The highest BCUT2D eigenvalue weighted by molar-refractivity contribution is 6.09. The summed E-state index contributed by atoms with van der Waals surface area (Å²) in [4.78, 5) is 13.8. The van der Waals surface area contributed by atoms with E-state index >= 15 is 0 Å². The average Bonchev–Trinajstić information content (AvgIpc) is 2.61. The number of nitrogens with zero attached hydrogens (tertiary/aromatic N) is 1. The molecule has 1 heterocycles. The lowest BCUT2D eigenvalue weighted by Crippen LogP contribution is -2.56. The van der Waals surface area contributed by atoms with Gasteiger partial charge in [-0.25, -0.2) is 4.79 Å². The lowest BCUT2D eigenvalue weighted by atomic mass is 9.73. The van der Waals surface area contributed by atoms with Crippen LogP contribution in [0.15, 0.2) is 0 Å². The summed E-state index contributed by atoms with van der Waals surface area (Å²) < 4.78 is 0. The second kappa shape index (κ2) is 3.47. The fourth-order valence-corrected chi connectivity index (χ4v) is 3.40. The minimum absolute atomic E-state index is 0.0123. The lowest BCUT2D eigenvalue weighted by Gasteiger charge is -2.43. The Morgan fingerprint density at radius 3 is 2.62 bits per heavy atom. The molecule has 4 heteroatoms.